The van der Waals surface area contributed by atoms with Crippen molar-refractivity contribution in [2.75, 3.05) is 5.32 Å². The molecule has 7 nitrogen and oxygen atoms in total. The first-order valence-electron chi connectivity index (χ1n) is 6.29. The van der Waals surface area contributed by atoms with E-state index in [1.54, 1.807) is 12.1 Å². The summed E-state index contributed by atoms with van der Waals surface area (Å²) in [6, 6.07) is 5.18. The average molecular weight is 287 g/mol. The molecule has 21 heavy (non-hydrogen) atoms. The summed E-state index contributed by atoms with van der Waals surface area (Å²) in [4.78, 5) is 10.4. The lowest BCUT2D eigenvalue weighted by Gasteiger charge is -2.05. The molecular weight excluding hydrogens is 277 g/mol. The Morgan fingerprint density at radius 1 is 1.48 bits per heavy atom. The zero-order valence-corrected chi connectivity index (χ0v) is 10.8. The predicted octanol–water partition coefficient (Wildman–Crippen LogP) is 2.95. The Morgan fingerprint density at radius 3 is 2.86 bits per heavy atom. The van der Waals surface area contributed by atoms with Crippen LogP contribution in [0.3, 0.4) is 0 Å². The minimum absolute atomic E-state index is 0.0922. The second kappa shape index (κ2) is 4.86. The molecule has 0 radical (unpaired) electrons. The van der Waals surface area contributed by atoms with Crippen LogP contribution in [-0.4, -0.2) is 15.1 Å². The Hall–Kier alpha value is -2.95. The summed E-state index contributed by atoms with van der Waals surface area (Å²) in [7, 11) is 0. The van der Waals surface area contributed by atoms with Gasteiger partial charge in [0.05, 0.1) is 4.92 Å². The van der Waals surface area contributed by atoms with E-state index in [0.717, 1.165) is 30.7 Å². The second-order valence-corrected chi connectivity index (χ2v) is 4.83. The third kappa shape index (κ3) is 2.53. The molecule has 1 aliphatic rings. The van der Waals surface area contributed by atoms with Crippen LogP contribution in [0.5, 0.6) is 0 Å². The maximum atomic E-state index is 13.5. The van der Waals surface area contributed by atoms with Gasteiger partial charge in [-0.2, -0.15) is 10.4 Å². The number of nitriles is 1. The van der Waals surface area contributed by atoms with E-state index in [0.29, 0.717) is 11.7 Å². The van der Waals surface area contributed by atoms with Crippen molar-refractivity contribution >= 4 is 17.2 Å². The van der Waals surface area contributed by atoms with Crippen LogP contribution in [0.1, 0.15) is 30.0 Å². The van der Waals surface area contributed by atoms with Gasteiger partial charge in [0.1, 0.15) is 23.1 Å². The molecule has 0 amide bonds. The summed E-state index contributed by atoms with van der Waals surface area (Å²) in [5.41, 5.74) is 0.0535. The fourth-order valence-electron chi connectivity index (χ4n) is 2.12. The summed E-state index contributed by atoms with van der Waals surface area (Å²) in [5.74, 6) is 0.0808. The van der Waals surface area contributed by atoms with Gasteiger partial charge in [0, 0.05) is 23.7 Å². The number of halogens is 1. The fourth-order valence-corrected chi connectivity index (χ4v) is 2.12. The number of nitro groups is 1. The number of hydrogen-bond acceptors (Lipinski definition) is 5. The Balaban J connectivity index is 1.98. The molecule has 2 aromatic rings. The second-order valence-electron chi connectivity index (χ2n) is 4.83. The van der Waals surface area contributed by atoms with Crippen LogP contribution in [0.15, 0.2) is 18.2 Å². The molecule has 0 atom stereocenters. The fraction of sp³-hybridized carbons (Fsp3) is 0.231. The Bertz CT molecular complexity index is 760. The van der Waals surface area contributed by atoms with Gasteiger partial charge in [-0.1, -0.05) is 0 Å². The average Bonchev–Trinajstić information content (AvgIpc) is 3.18. The number of rotatable bonds is 4. The van der Waals surface area contributed by atoms with Gasteiger partial charge in [0.25, 0.3) is 0 Å². The minimum Gasteiger partial charge on any atom is -0.333 e. The number of nitrogens with one attached hydrogen (secondary N) is 2. The molecule has 1 aliphatic carbocycles. The summed E-state index contributed by atoms with van der Waals surface area (Å²) in [6.07, 6.45) is 2.17. The minimum atomic E-state index is -0.724. The van der Waals surface area contributed by atoms with Crippen molar-refractivity contribution in [1.29, 1.82) is 5.26 Å². The molecule has 1 aromatic heterocycles. The third-order valence-electron chi connectivity index (χ3n) is 3.26. The third-order valence-corrected chi connectivity index (χ3v) is 3.26. The van der Waals surface area contributed by atoms with Crippen LogP contribution in [-0.2, 0) is 0 Å². The van der Waals surface area contributed by atoms with Crippen LogP contribution in [0.4, 0.5) is 21.6 Å². The van der Waals surface area contributed by atoms with E-state index in [-0.39, 0.29) is 11.3 Å². The molecule has 0 spiro atoms. The van der Waals surface area contributed by atoms with Gasteiger partial charge in [-0.15, -0.1) is 0 Å². The number of nitro benzene ring substituents is 1. The summed E-state index contributed by atoms with van der Waals surface area (Å²) >= 11 is 0. The number of aromatic amines is 1. The van der Waals surface area contributed by atoms with Crippen molar-refractivity contribution in [1.82, 2.24) is 10.2 Å². The molecule has 0 bridgehead atoms. The SMILES string of the molecule is N#Cc1cc(F)cc(Nc2cc(C3CC3)[nH]n2)c1[N+](=O)[O-]. The quantitative estimate of drug-likeness (QED) is 0.664. The number of hydrogen-bond donors (Lipinski definition) is 2. The standard InChI is InChI=1S/C13H10FN5O2/c14-9-3-8(6-15)13(19(20)21)11(4-9)16-12-5-10(17-18-12)7-1-2-7/h3-5,7H,1-2H2,(H2,16,17,18). The highest BCUT2D eigenvalue weighted by Gasteiger charge is 2.26. The van der Waals surface area contributed by atoms with Gasteiger partial charge < -0.3 is 5.32 Å². The van der Waals surface area contributed by atoms with E-state index < -0.39 is 16.4 Å². The van der Waals surface area contributed by atoms with E-state index >= 15 is 0 Å². The molecule has 1 fully saturated rings. The molecule has 1 aromatic carbocycles. The molecule has 1 heterocycles. The van der Waals surface area contributed by atoms with Gasteiger partial charge in [-0.25, -0.2) is 4.39 Å². The lowest BCUT2D eigenvalue weighted by Crippen LogP contribution is -2.01. The number of aromatic nitrogens is 2. The lowest BCUT2D eigenvalue weighted by atomic mass is 10.1. The molecule has 2 N–H and O–H groups in total. The smallest absolute Gasteiger partial charge is 0.310 e. The highest BCUT2D eigenvalue weighted by atomic mass is 19.1. The van der Waals surface area contributed by atoms with E-state index in [1.165, 1.54) is 0 Å². The maximum absolute atomic E-state index is 13.5. The molecule has 0 saturated heterocycles. The van der Waals surface area contributed by atoms with Gasteiger partial charge in [0.2, 0.25) is 0 Å². The van der Waals surface area contributed by atoms with Crippen LogP contribution in [0, 0.1) is 27.3 Å². The summed E-state index contributed by atoms with van der Waals surface area (Å²) < 4.78 is 13.5. The number of nitrogens with zero attached hydrogens (tertiary/aromatic N) is 3. The molecule has 0 aliphatic heterocycles. The van der Waals surface area contributed by atoms with Crippen molar-refractivity contribution in [3.8, 4) is 6.07 Å². The van der Waals surface area contributed by atoms with E-state index in [1.807, 2.05) is 0 Å². The zero-order chi connectivity index (χ0) is 15.0. The van der Waals surface area contributed by atoms with E-state index in [2.05, 4.69) is 15.5 Å². The molecule has 0 unspecified atom stereocenters. The lowest BCUT2D eigenvalue weighted by molar-refractivity contribution is -0.384. The van der Waals surface area contributed by atoms with Crippen molar-refractivity contribution in [3.05, 3.63) is 45.4 Å². The highest BCUT2D eigenvalue weighted by Crippen LogP contribution is 2.40. The molecule has 106 valence electrons. The Kier molecular flexibility index (Phi) is 3.02. The molecule has 3 rings (SSSR count). The van der Waals surface area contributed by atoms with Gasteiger partial charge in [-0.3, -0.25) is 15.2 Å². The largest absolute Gasteiger partial charge is 0.333 e. The van der Waals surface area contributed by atoms with Crippen LogP contribution >= 0.6 is 0 Å². The molecule has 8 heteroatoms. The summed E-state index contributed by atoms with van der Waals surface area (Å²) in [6.45, 7) is 0. The van der Waals surface area contributed by atoms with Crippen molar-refractivity contribution in [2.24, 2.45) is 0 Å². The van der Waals surface area contributed by atoms with Crippen LogP contribution in [0.25, 0.3) is 0 Å². The van der Waals surface area contributed by atoms with Crippen molar-refractivity contribution in [3.63, 3.8) is 0 Å². The number of anilines is 2. The molecular formula is C13H10FN5O2. The van der Waals surface area contributed by atoms with Gasteiger partial charge in [0.15, 0.2) is 5.82 Å². The maximum Gasteiger partial charge on any atom is 0.310 e. The van der Waals surface area contributed by atoms with E-state index in [4.69, 9.17) is 5.26 Å². The zero-order valence-electron chi connectivity index (χ0n) is 10.8. The Labute approximate surface area is 118 Å². The number of H-pyrrole nitrogens is 1. The number of benzene rings is 1. The van der Waals surface area contributed by atoms with Gasteiger partial charge >= 0.3 is 5.69 Å². The van der Waals surface area contributed by atoms with E-state index in [9.17, 15) is 14.5 Å². The van der Waals surface area contributed by atoms with Crippen LogP contribution in [0.2, 0.25) is 0 Å². The monoisotopic (exact) mass is 287 g/mol. The first-order chi connectivity index (χ1) is 10.1. The van der Waals surface area contributed by atoms with Crippen LogP contribution < -0.4 is 5.32 Å². The van der Waals surface area contributed by atoms with Crippen molar-refractivity contribution < 1.29 is 9.31 Å². The first kappa shape index (κ1) is 13.1. The van der Waals surface area contributed by atoms with Gasteiger partial charge in [-0.05, 0) is 18.9 Å². The first-order valence-corrected chi connectivity index (χ1v) is 6.29. The highest BCUT2D eigenvalue weighted by molar-refractivity contribution is 5.73. The summed E-state index contributed by atoms with van der Waals surface area (Å²) in [5, 5.41) is 29.5. The molecule has 1 saturated carbocycles. The normalized spacial score (nSPS) is 13.7. The van der Waals surface area contributed by atoms with Crippen molar-refractivity contribution in [2.45, 2.75) is 18.8 Å². The Morgan fingerprint density at radius 2 is 2.24 bits per heavy atom. The predicted molar refractivity (Wildman–Crippen MR) is 71.6 cm³/mol. The topological polar surface area (TPSA) is 108 Å².